The highest BCUT2D eigenvalue weighted by Crippen LogP contribution is 2.27. The van der Waals surface area contributed by atoms with Gasteiger partial charge >= 0.3 is 0 Å². The van der Waals surface area contributed by atoms with Gasteiger partial charge in [-0.05, 0) is 53.8 Å². The number of aryl methyl sites for hydroxylation is 2. The number of halogens is 1. The second-order valence-electron chi connectivity index (χ2n) is 5.98. The van der Waals surface area contributed by atoms with Gasteiger partial charge in [0.05, 0.1) is 12.8 Å². The van der Waals surface area contributed by atoms with Crippen LogP contribution in [0.5, 0.6) is 0 Å². The SMILES string of the molecule is OCc1ccc2cc1CCc1cccc(c1)Nc1ncc(Cl)c(n1)N2. The number of aliphatic hydroxyl groups excluding tert-OH is 1. The molecule has 0 spiro atoms. The molecule has 6 heteroatoms. The zero-order chi connectivity index (χ0) is 17.2. The van der Waals surface area contributed by atoms with Crippen LogP contribution >= 0.6 is 11.6 Å². The van der Waals surface area contributed by atoms with Crippen molar-refractivity contribution in [3.63, 3.8) is 0 Å². The van der Waals surface area contributed by atoms with Crippen molar-refractivity contribution in [2.75, 3.05) is 10.6 Å². The molecule has 126 valence electrons. The van der Waals surface area contributed by atoms with Gasteiger partial charge < -0.3 is 15.7 Å². The zero-order valence-electron chi connectivity index (χ0n) is 13.5. The van der Waals surface area contributed by atoms with Gasteiger partial charge in [-0.15, -0.1) is 0 Å². The lowest BCUT2D eigenvalue weighted by Gasteiger charge is -2.12. The maximum atomic E-state index is 9.62. The molecule has 0 aliphatic carbocycles. The van der Waals surface area contributed by atoms with Gasteiger partial charge in [0.15, 0.2) is 5.82 Å². The molecule has 2 aromatic carbocycles. The number of rotatable bonds is 1. The van der Waals surface area contributed by atoms with Crippen molar-refractivity contribution in [1.82, 2.24) is 9.97 Å². The molecule has 1 aliphatic rings. The molecule has 1 aliphatic heterocycles. The molecule has 1 aromatic heterocycles. The summed E-state index contributed by atoms with van der Waals surface area (Å²) in [6, 6.07) is 14.1. The van der Waals surface area contributed by atoms with Gasteiger partial charge in [0.25, 0.3) is 0 Å². The molecular weight excluding hydrogens is 336 g/mol. The van der Waals surface area contributed by atoms with Crippen LogP contribution < -0.4 is 10.6 Å². The van der Waals surface area contributed by atoms with E-state index in [1.165, 1.54) is 5.56 Å². The van der Waals surface area contributed by atoms with Gasteiger partial charge in [-0.2, -0.15) is 4.98 Å². The minimum Gasteiger partial charge on any atom is -0.392 e. The van der Waals surface area contributed by atoms with Crippen molar-refractivity contribution >= 4 is 34.7 Å². The van der Waals surface area contributed by atoms with Crippen LogP contribution in [0.4, 0.5) is 23.1 Å². The average Bonchev–Trinajstić information content (AvgIpc) is 2.63. The molecule has 6 bridgehead atoms. The van der Waals surface area contributed by atoms with Crippen molar-refractivity contribution < 1.29 is 5.11 Å². The lowest BCUT2D eigenvalue weighted by molar-refractivity contribution is 0.280. The first-order chi connectivity index (χ1) is 12.2. The average molecular weight is 353 g/mol. The summed E-state index contributed by atoms with van der Waals surface area (Å²) in [5.41, 5.74) is 5.06. The minimum atomic E-state index is 0.0234. The Hall–Kier alpha value is -2.63. The van der Waals surface area contributed by atoms with Gasteiger partial charge in [-0.3, -0.25) is 0 Å². The molecule has 3 N–H and O–H groups in total. The number of hydrogen-bond donors (Lipinski definition) is 3. The fraction of sp³-hybridized carbons (Fsp3) is 0.158. The summed E-state index contributed by atoms with van der Waals surface area (Å²) in [6.07, 6.45) is 3.29. The number of aliphatic hydroxyl groups is 1. The predicted molar refractivity (Wildman–Crippen MR) is 99.8 cm³/mol. The number of benzene rings is 2. The maximum Gasteiger partial charge on any atom is 0.229 e. The Bertz CT molecular complexity index is 929. The van der Waals surface area contributed by atoms with Gasteiger partial charge in [0.1, 0.15) is 5.02 Å². The van der Waals surface area contributed by atoms with Crippen LogP contribution in [-0.4, -0.2) is 15.1 Å². The number of nitrogens with zero attached hydrogens (tertiary/aromatic N) is 2. The van der Waals surface area contributed by atoms with Crippen LogP contribution in [0.25, 0.3) is 0 Å². The minimum absolute atomic E-state index is 0.0234. The Morgan fingerprint density at radius 1 is 1.04 bits per heavy atom. The standard InChI is InChI=1S/C19H17ClN4O/c20-17-10-21-19-23-15-3-1-2-12(8-15)4-5-13-9-16(22-18(17)24-19)7-6-14(13)11-25/h1-3,6-10,25H,4-5,11H2,(H2,21,22,23,24). The van der Waals surface area contributed by atoms with Crippen molar-refractivity contribution in [2.24, 2.45) is 0 Å². The van der Waals surface area contributed by atoms with Crippen LogP contribution in [0.1, 0.15) is 16.7 Å². The monoisotopic (exact) mass is 352 g/mol. The zero-order valence-corrected chi connectivity index (χ0v) is 14.2. The third kappa shape index (κ3) is 3.43. The summed E-state index contributed by atoms with van der Waals surface area (Å²) in [5.74, 6) is 1.02. The van der Waals surface area contributed by atoms with Crippen LogP contribution in [0, 0.1) is 0 Å². The van der Waals surface area contributed by atoms with Crippen LogP contribution in [-0.2, 0) is 19.4 Å². The van der Waals surface area contributed by atoms with Crippen molar-refractivity contribution in [2.45, 2.75) is 19.4 Å². The second-order valence-corrected chi connectivity index (χ2v) is 6.39. The van der Waals surface area contributed by atoms with E-state index in [9.17, 15) is 5.11 Å². The fourth-order valence-corrected chi connectivity index (χ4v) is 3.09. The lowest BCUT2D eigenvalue weighted by Crippen LogP contribution is -2.02. The summed E-state index contributed by atoms with van der Waals surface area (Å²) in [6.45, 7) is 0.0234. The quantitative estimate of drug-likeness (QED) is 0.612. The van der Waals surface area contributed by atoms with E-state index < -0.39 is 0 Å². The van der Waals surface area contributed by atoms with Gasteiger partial charge in [0, 0.05) is 11.4 Å². The lowest BCUT2D eigenvalue weighted by atomic mass is 9.99. The molecule has 0 amide bonds. The van der Waals surface area contributed by atoms with Crippen LogP contribution in [0.3, 0.4) is 0 Å². The first-order valence-electron chi connectivity index (χ1n) is 8.09. The molecule has 5 nitrogen and oxygen atoms in total. The maximum absolute atomic E-state index is 9.62. The van der Waals surface area contributed by atoms with E-state index in [-0.39, 0.29) is 6.61 Å². The summed E-state index contributed by atoms with van der Waals surface area (Å²) in [5, 5.41) is 16.5. The first kappa shape index (κ1) is 15.9. The van der Waals surface area contributed by atoms with Crippen LogP contribution in [0.15, 0.2) is 48.7 Å². The first-order valence-corrected chi connectivity index (χ1v) is 8.47. The summed E-state index contributed by atoms with van der Waals surface area (Å²) in [4.78, 5) is 8.72. The highest BCUT2D eigenvalue weighted by Gasteiger charge is 2.10. The summed E-state index contributed by atoms with van der Waals surface area (Å²) >= 11 is 6.24. The van der Waals surface area contributed by atoms with E-state index in [1.54, 1.807) is 6.20 Å². The van der Waals surface area contributed by atoms with E-state index in [4.69, 9.17) is 11.6 Å². The van der Waals surface area contributed by atoms with E-state index in [0.717, 1.165) is 35.3 Å². The molecule has 0 unspecified atom stereocenters. The summed E-state index contributed by atoms with van der Waals surface area (Å²) < 4.78 is 0. The molecule has 25 heavy (non-hydrogen) atoms. The molecule has 0 fully saturated rings. The fourth-order valence-electron chi connectivity index (χ4n) is 2.96. The van der Waals surface area contributed by atoms with Crippen molar-refractivity contribution in [1.29, 1.82) is 0 Å². The number of aromatic nitrogens is 2. The third-order valence-electron chi connectivity index (χ3n) is 4.25. The number of fused-ring (bicyclic) bond motifs is 6. The second kappa shape index (κ2) is 6.70. The molecule has 0 radical (unpaired) electrons. The van der Waals surface area contributed by atoms with E-state index in [2.05, 4.69) is 32.7 Å². The van der Waals surface area contributed by atoms with Crippen LogP contribution in [0.2, 0.25) is 5.02 Å². The Kier molecular flexibility index (Phi) is 4.26. The molecule has 0 saturated carbocycles. The Labute approximate surface area is 150 Å². The molecular formula is C19H17ClN4O. The normalized spacial score (nSPS) is 12.9. The molecule has 3 aromatic rings. The molecule has 4 rings (SSSR count). The highest BCUT2D eigenvalue weighted by molar-refractivity contribution is 6.32. The molecule has 2 heterocycles. The van der Waals surface area contributed by atoms with Crippen molar-refractivity contribution in [3.05, 3.63) is 70.4 Å². The largest absolute Gasteiger partial charge is 0.392 e. The Balaban J connectivity index is 1.84. The van der Waals surface area contributed by atoms with E-state index in [0.29, 0.717) is 16.8 Å². The Morgan fingerprint density at radius 3 is 2.80 bits per heavy atom. The Morgan fingerprint density at radius 2 is 1.92 bits per heavy atom. The topological polar surface area (TPSA) is 70.1 Å². The van der Waals surface area contributed by atoms with Gasteiger partial charge in [-0.1, -0.05) is 29.8 Å². The summed E-state index contributed by atoms with van der Waals surface area (Å²) in [7, 11) is 0. The number of nitrogens with one attached hydrogen (secondary N) is 2. The third-order valence-corrected chi connectivity index (χ3v) is 4.53. The van der Waals surface area contributed by atoms with E-state index in [1.807, 2.05) is 30.3 Å². The van der Waals surface area contributed by atoms with E-state index >= 15 is 0 Å². The number of anilines is 4. The smallest absolute Gasteiger partial charge is 0.229 e. The molecule has 0 atom stereocenters. The predicted octanol–water partition coefficient (Wildman–Crippen LogP) is 4.21. The van der Waals surface area contributed by atoms with Crippen molar-refractivity contribution in [3.8, 4) is 0 Å². The number of hydrogen-bond acceptors (Lipinski definition) is 5. The molecule has 0 saturated heterocycles. The highest BCUT2D eigenvalue weighted by atomic mass is 35.5. The van der Waals surface area contributed by atoms with Gasteiger partial charge in [0.2, 0.25) is 5.95 Å². The van der Waals surface area contributed by atoms with Gasteiger partial charge in [-0.25, -0.2) is 4.98 Å².